The summed E-state index contributed by atoms with van der Waals surface area (Å²) in [6.07, 6.45) is 0. The highest BCUT2D eigenvalue weighted by Gasteiger charge is 2.66. The molecule has 0 amide bonds. The lowest BCUT2D eigenvalue weighted by Gasteiger charge is -2.13. The molecule has 0 aliphatic carbocycles. The highest BCUT2D eigenvalue weighted by Crippen LogP contribution is 2.55. The number of methoxy groups -OCH3 is 2. The third-order valence-electron chi connectivity index (χ3n) is 2.91. The Bertz CT molecular complexity index is 356. The Balaban J connectivity index is 2.30. The Hall–Kier alpha value is -1.06. The molecule has 3 nitrogen and oxygen atoms in total. The SMILES string of the molecule is COc1ccc(C2(OC)OC2(C)C)cc1. The van der Waals surface area contributed by atoms with Crippen LogP contribution in [0.15, 0.2) is 24.3 Å². The Morgan fingerprint density at radius 1 is 1.07 bits per heavy atom. The number of benzene rings is 1. The van der Waals surface area contributed by atoms with Crippen LogP contribution in [0.1, 0.15) is 19.4 Å². The quantitative estimate of drug-likeness (QED) is 0.714. The van der Waals surface area contributed by atoms with Crippen LogP contribution in [0.5, 0.6) is 5.75 Å². The van der Waals surface area contributed by atoms with Gasteiger partial charge < -0.3 is 14.2 Å². The zero-order valence-electron chi connectivity index (χ0n) is 9.53. The Morgan fingerprint density at radius 2 is 1.60 bits per heavy atom. The molecule has 2 rings (SSSR count). The monoisotopic (exact) mass is 208 g/mol. The summed E-state index contributed by atoms with van der Waals surface area (Å²) in [6, 6.07) is 7.76. The van der Waals surface area contributed by atoms with Gasteiger partial charge >= 0.3 is 0 Å². The summed E-state index contributed by atoms with van der Waals surface area (Å²) in [4.78, 5) is 0. The van der Waals surface area contributed by atoms with E-state index in [4.69, 9.17) is 14.2 Å². The zero-order chi connectivity index (χ0) is 11.1. The van der Waals surface area contributed by atoms with Crippen molar-refractivity contribution >= 4 is 0 Å². The number of hydrogen-bond donors (Lipinski definition) is 0. The summed E-state index contributed by atoms with van der Waals surface area (Å²) in [6.45, 7) is 4.03. The van der Waals surface area contributed by atoms with Crippen molar-refractivity contribution in [3.05, 3.63) is 29.8 Å². The van der Waals surface area contributed by atoms with E-state index in [9.17, 15) is 0 Å². The van der Waals surface area contributed by atoms with Gasteiger partial charge in [0.15, 0.2) is 0 Å². The maximum Gasteiger partial charge on any atom is 0.225 e. The molecule has 1 aliphatic rings. The third-order valence-corrected chi connectivity index (χ3v) is 2.91. The Kier molecular flexibility index (Phi) is 2.24. The summed E-state index contributed by atoms with van der Waals surface area (Å²) in [5.41, 5.74) is 0.770. The van der Waals surface area contributed by atoms with E-state index in [2.05, 4.69) is 0 Å². The predicted molar refractivity (Wildman–Crippen MR) is 56.8 cm³/mol. The molecule has 1 aromatic carbocycles. The fourth-order valence-electron chi connectivity index (χ4n) is 1.96. The van der Waals surface area contributed by atoms with Crippen LogP contribution in [-0.2, 0) is 15.3 Å². The van der Waals surface area contributed by atoms with E-state index in [1.54, 1.807) is 14.2 Å². The molecule has 1 unspecified atom stereocenters. The average molecular weight is 208 g/mol. The Labute approximate surface area is 90.0 Å². The second-order valence-electron chi connectivity index (χ2n) is 4.16. The van der Waals surface area contributed by atoms with Gasteiger partial charge in [0.1, 0.15) is 11.4 Å². The zero-order valence-corrected chi connectivity index (χ0v) is 9.53. The van der Waals surface area contributed by atoms with Crippen LogP contribution < -0.4 is 4.74 Å². The van der Waals surface area contributed by atoms with Crippen LogP contribution in [0.2, 0.25) is 0 Å². The lowest BCUT2D eigenvalue weighted by Crippen LogP contribution is -2.20. The maximum absolute atomic E-state index is 5.64. The second kappa shape index (κ2) is 3.22. The van der Waals surface area contributed by atoms with E-state index in [-0.39, 0.29) is 5.60 Å². The highest BCUT2D eigenvalue weighted by atomic mass is 16.8. The standard InChI is InChI=1S/C12H16O3/c1-11(2)12(14-4,15-11)9-5-7-10(13-3)8-6-9/h5-8H,1-4H3. The van der Waals surface area contributed by atoms with Gasteiger partial charge in [-0.2, -0.15) is 0 Å². The van der Waals surface area contributed by atoms with Gasteiger partial charge in [-0.15, -0.1) is 0 Å². The van der Waals surface area contributed by atoms with Gasteiger partial charge in [-0.05, 0) is 38.1 Å². The van der Waals surface area contributed by atoms with Gasteiger partial charge in [-0.1, -0.05) is 0 Å². The molecule has 1 aromatic rings. The van der Waals surface area contributed by atoms with Crippen LogP contribution in [0.3, 0.4) is 0 Å². The van der Waals surface area contributed by atoms with Crippen molar-refractivity contribution in [3.63, 3.8) is 0 Å². The van der Waals surface area contributed by atoms with E-state index in [1.807, 2.05) is 38.1 Å². The van der Waals surface area contributed by atoms with E-state index in [1.165, 1.54) is 0 Å². The van der Waals surface area contributed by atoms with Gasteiger partial charge in [-0.3, -0.25) is 0 Å². The van der Waals surface area contributed by atoms with Crippen molar-refractivity contribution < 1.29 is 14.2 Å². The summed E-state index contributed by atoms with van der Waals surface area (Å²) in [7, 11) is 3.32. The molecule has 15 heavy (non-hydrogen) atoms. The minimum Gasteiger partial charge on any atom is -0.497 e. The largest absolute Gasteiger partial charge is 0.497 e. The topological polar surface area (TPSA) is 31.0 Å². The first-order chi connectivity index (χ1) is 7.05. The average Bonchev–Trinajstić information content (AvgIpc) is 2.82. The van der Waals surface area contributed by atoms with Gasteiger partial charge in [0.05, 0.1) is 7.11 Å². The van der Waals surface area contributed by atoms with Gasteiger partial charge in [0.25, 0.3) is 0 Å². The summed E-state index contributed by atoms with van der Waals surface area (Å²) < 4.78 is 16.2. The van der Waals surface area contributed by atoms with Crippen molar-refractivity contribution in [3.8, 4) is 5.75 Å². The molecule has 0 spiro atoms. The molecule has 1 saturated heterocycles. The molecule has 0 radical (unpaired) electrons. The van der Waals surface area contributed by atoms with Crippen LogP contribution in [0.25, 0.3) is 0 Å². The molecule has 1 atom stereocenters. The lowest BCUT2D eigenvalue weighted by molar-refractivity contribution is -0.0147. The van der Waals surface area contributed by atoms with Crippen LogP contribution in [0.4, 0.5) is 0 Å². The first kappa shape index (κ1) is 10.5. The number of epoxide rings is 1. The van der Waals surface area contributed by atoms with Gasteiger partial charge in [-0.25, -0.2) is 0 Å². The number of rotatable bonds is 3. The molecule has 0 N–H and O–H groups in total. The van der Waals surface area contributed by atoms with Crippen molar-refractivity contribution in [2.75, 3.05) is 14.2 Å². The van der Waals surface area contributed by atoms with E-state index >= 15 is 0 Å². The van der Waals surface area contributed by atoms with Crippen LogP contribution >= 0.6 is 0 Å². The fraction of sp³-hybridized carbons (Fsp3) is 0.500. The highest BCUT2D eigenvalue weighted by molar-refractivity contribution is 5.34. The molecule has 0 aromatic heterocycles. The molecular formula is C12H16O3. The molecule has 0 saturated carbocycles. The first-order valence-corrected chi connectivity index (χ1v) is 4.95. The molecule has 0 bridgehead atoms. The first-order valence-electron chi connectivity index (χ1n) is 4.95. The predicted octanol–water partition coefficient (Wildman–Crippen LogP) is 2.30. The summed E-state index contributed by atoms with van der Waals surface area (Å²) in [5, 5.41) is 0. The van der Waals surface area contributed by atoms with Crippen molar-refractivity contribution in [1.82, 2.24) is 0 Å². The summed E-state index contributed by atoms with van der Waals surface area (Å²) in [5.74, 6) is 0.252. The van der Waals surface area contributed by atoms with Gasteiger partial charge in [0.2, 0.25) is 5.79 Å². The fourth-order valence-corrected chi connectivity index (χ4v) is 1.96. The van der Waals surface area contributed by atoms with E-state index in [0.717, 1.165) is 11.3 Å². The molecule has 1 aliphatic heterocycles. The lowest BCUT2D eigenvalue weighted by atomic mass is 9.99. The third kappa shape index (κ3) is 1.43. The van der Waals surface area contributed by atoms with Crippen molar-refractivity contribution in [2.45, 2.75) is 25.2 Å². The smallest absolute Gasteiger partial charge is 0.225 e. The molecule has 82 valence electrons. The van der Waals surface area contributed by atoms with Crippen molar-refractivity contribution in [1.29, 1.82) is 0 Å². The van der Waals surface area contributed by atoms with E-state index in [0.29, 0.717) is 0 Å². The minimum absolute atomic E-state index is 0.254. The number of ether oxygens (including phenoxy) is 3. The molecular weight excluding hydrogens is 192 g/mol. The van der Waals surface area contributed by atoms with Crippen molar-refractivity contribution in [2.24, 2.45) is 0 Å². The number of hydrogen-bond acceptors (Lipinski definition) is 3. The van der Waals surface area contributed by atoms with Crippen LogP contribution in [0, 0.1) is 0 Å². The maximum atomic E-state index is 5.64. The summed E-state index contributed by atoms with van der Waals surface area (Å²) >= 11 is 0. The second-order valence-corrected chi connectivity index (χ2v) is 4.16. The molecule has 1 heterocycles. The van der Waals surface area contributed by atoms with Crippen LogP contribution in [-0.4, -0.2) is 19.8 Å². The minimum atomic E-state index is -0.584. The molecule has 1 fully saturated rings. The normalized spacial score (nSPS) is 27.5. The Morgan fingerprint density at radius 3 is 1.93 bits per heavy atom. The molecule has 3 heteroatoms. The van der Waals surface area contributed by atoms with E-state index < -0.39 is 5.79 Å². The van der Waals surface area contributed by atoms with Gasteiger partial charge in [0, 0.05) is 12.7 Å².